The molecule has 4 heterocycles. The molecule has 0 saturated carbocycles. The van der Waals surface area contributed by atoms with Crippen molar-refractivity contribution in [2.24, 2.45) is 0 Å². The van der Waals surface area contributed by atoms with Crippen LogP contribution in [0.5, 0.6) is 0 Å². The van der Waals surface area contributed by atoms with Crippen LogP contribution in [0.2, 0.25) is 0 Å². The van der Waals surface area contributed by atoms with Crippen LogP contribution in [0.15, 0.2) is 66.9 Å². The molecule has 0 spiro atoms. The van der Waals surface area contributed by atoms with Gasteiger partial charge in [-0.2, -0.15) is 8.80 Å². The van der Waals surface area contributed by atoms with Crippen LogP contribution in [0.3, 0.4) is 0 Å². The van der Waals surface area contributed by atoms with Gasteiger partial charge in [-0.3, -0.25) is 0 Å². The fourth-order valence-electron chi connectivity index (χ4n) is 4.61. The van der Waals surface area contributed by atoms with Crippen LogP contribution in [0.1, 0.15) is 25.3 Å². The Kier molecular flexibility index (Phi) is 4.62. The summed E-state index contributed by atoms with van der Waals surface area (Å²) in [6.45, 7) is 4.61. The Morgan fingerprint density at radius 3 is 2.55 bits per heavy atom. The summed E-state index contributed by atoms with van der Waals surface area (Å²) in [6.07, 6.45) is 5.89. The van der Waals surface area contributed by atoms with Gasteiger partial charge in [0.2, 0.25) is 0 Å². The molecule has 2 aromatic carbocycles. The summed E-state index contributed by atoms with van der Waals surface area (Å²) >= 11 is 0. The molecule has 1 fully saturated rings. The van der Waals surface area contributed by atoms with Gasteiger partial charge in [-0.25, -0.2) is 0 Å². The SMILES string of the molecule is CCCc1ccc2c(ccc3c[n+]4c5ccc(N6CCC6)cc5ccc4n32)c1.[I-]. The van der Waals surface area contributed by atoms with E-state index in [9.17, 15) is 0 Å². The summed E-state index contributed by atoms with van der Waals surface area (Å²) in [5.74, 6) is 0. The number of rotatable bonds is 3. The predicted octanol–water partition coefficient (Wildman–Crippen LogP) is 2.15. The zero-order valence-corrected chi connectivity index (χ0v) is 18.8. The lowest BCUT2D eigenvalue weighted by Crippen LogP contribution is -3.00. The average molecular weight is 493 g/mol. The first-order valence-electron chi connectivity index (χ1n) is 10.4. The Morgan fingerprint density at radius 1 is 0.897 bits per heavy atom. The third-order valence-electron chi connectivity index (χ3n) is 6.20. The van der Waals surface area contributed by atoms with Gasteiger partial charge in [0.1, 0.15) is 17.2 Å². The maximum atomic E-state index is 2.45. The average Bonchev–Trinajstić information content (AvgIpc) is 3.06. The lowest BCUT2D eigenvalue weighted by Gasteiger charge is -2.33. The monoisotopic (exact) mass is 493 g/mol. The van der Waals surface area contributed by atoms with Crippen molar-refractivity contribution in [2.75, 3.05) is 18.0 Å². The highest BCUT2D eigenvalue weighted by molar-refractivity contribution is 5.87. The summed E-state index contributed by atoms with van der Waals surface area (Å²) in [6, 6.07) is 22.8. The van der Waals surface area contributed by atoms with E-state index in [4.69, 9.17) is 0 Å². The second-order valence-corrected chi connectivity index (χ2v) is 8.01. The van der Waals surface area contributed by atoms with Gasteiger partial charge in [0.15, 0.2) is 5.52 Å². The maximum Gasteiger partial charge on any atom is 0.292 e. The number of benzene rings is 2. The molecule has 3 nitrogen and oxygen atoms in total. The van der Waals surface area contributed by atoms with E-state index >= 15 is 0 Å². The van der Waals surface area contributed by atoms with Crippen molar-refractivity contribution in [3.05, 3.63) is 72.4 Å². The molecule has 0 bridgehead atoms. The number of halogens is 1. The molecule has 146 valence electrons. The van der Waals surface area contributed by atoms with E-state index in [2.05, 4.69) is 87.5 Å². The minimum absolute atomic E-state index is 0. The molecule has 6 rings (SSSR count). The zero-order valence-electron chi connectivity index (χ0n) is 16.6. The number of imidazole rings is 1. The number of fused-ring (bicyclic) bond motifs is 7. The summed E-state index contributed by atoms with van der Waals surface area (Å²) in [4.78, 5) is 2.45. The number of pyridine rings is 2. The van der Waals surface area contributed by atoms with Crippen LogP contribution in [-0.2, 0) is 6.42 Å². The lowest BCUT2D eigenvalue weighted by molar-refractivity contribution is -0.479. The van der Waals surface area contributed by atoms with Crippen molar-refractivity contribution in [3.63, 3.8) is 0 Å². The largest absolute Gasteiger partial charge is 1.00 e. The van der Waals surface area contributed by atoms with Gasteiger partial charge in [0, 0.05) is 35.6 Å². The van der Waals surface area contributed by atoms with E-state index in [1.54, 1.807) is 0 Å². The normalized spacial score (nSPS) is 13.9. The molecule has 0 radical (unpaired) electrons. The quantitative estimate of drug-likeness (QED) is 0.277. The Bertz CT molecular complexity index is 1360. The summed E-state index contributed by atoms with van der Waals surface area (Å²) in [7, 11) is 0. The van der Waals surface area contributed by atoms with Crippen LogP contribution in [0.25, 0.3) is 33.0 Å². The van der Waals surface area contributed by atoms with Crippen molar-refractivity contribution >= 4 is 38.7 Å². The summed E-state index contributed by atoms with van der Waals surface area (Å²) < 4.78 is 4.72. The molecule has 1 aliphatic rings. The number of hydrogen-bond donors (Lipinski definition) is 0. The Hall–Kier alpha value is -2.34. The van der Waals surface area contributed by atoms with Crippen molar-refractivity contribution in [1.82, 2.24) is 4.40 Å². The van der Waals surface area contributed by atoms with E-state index in [0.717, 1.165) is 6.42 Å². The molecule has 4 heteroatoms. The van der Waals surface area contributed by atoms with Crippen LogP contribution >= 0.6 is 0 Å². The highest BCUT2D eigenvalue weighted by Crippen LogP contribution is 2.26. The highest BCUT2D eigenvalue weighted by atomic mass is 127. The van der Waals surface area contributed by atoms with Crippen molar-refractivity contribution < 1.29 is 28.4 Å². The first-order valence-corrected chi connectivity index (χ1v) is 10.4. The van der Waals surface area contributed by atoms with Gasteiger partial charge >= 0.3 is 0 Å². The molecule has 0 atom stereocenters. The number of hydrogen-bond acceptors (Lipinski definition) is 1. The predicted molar refractivity (Wildman–Crippen MR) is 116 cm³/mol. The van der Waals surface area contributed by atoms with Gasteiger partial charge in [0.25, 0.3) is 5.65 Å². The van der Waals surface area contributed by atoms with Gasteiger partial charge in [-0.1, -0.05) is 19.4 Å². The molecular formula is C25H24IN3. The first kappa shape index (κ1) is 18.7. The Balaban J connectivity index is 0.00000181. The molecule has 5 aromatic rings. The minimum Gasteiger partial charge on any atom is -1.00 e. The van der Waals surface area contributed by atoms with E-state index in [0.29, 0.717) is 0 Å². The molecule has 29 heavy (non-hydrogen) atoms. The number of nitrogens with zero attached hydrogens (tertiary/aromatic N) is 3. The maximum absolute atomic E-state index is 2.45. The standard InChI is InChI=1S/C25H24N3.HI/c1-2-4-18-5-10-24-19(15-18)6-8-22-17-27-23-11-9-21(26-13-3-14-26)16-20(23)7-12-25(27)28(22)24;/h5-12,15-17H,2-4,13-14H2,1H3;1H/q+1;/p-1. The van der Waals surface area contributed by atoms with E-state index in [-0.39, 0.29) is 24.0 Å². The van der Waals surface area contributed by atoms with Crippen molar-refractivity contribution in [2.45, 2.75) is 26.2 Å². The molecule has 0 N–H and O–H groups in total. The molecule has 0 unspecified atom stereocenters. The third kappa shape index (κ3) is 2.88. The third-order valence-corrected chi connectivity index (χ3v) is 6.20. The topological polar surface area (TPSA) is 11.8 Å². The van der Waals surface area contributed by atoms with Gasteiger partial charge in [-0.15, -0.1) is 0 Å². The molecular weight excluding hydrogens is 469 g/mol. The smallest absolute Gasteiger partial charge is 0.292 e. The van der Waals surface area contributed by atoms with Crippen molar-refractivity contribution in [1.29, 1.82) is 0 Å². The number of aromatic nitrogens is 2. The minimum atomic E-state index is 0. The second-order valence-electron chi connectivity index (χ2n) is 8.01. The molecule has 3 aromatic heterocycles. The second kappa shape index (κ2) is 7.17. The Labute approximate surface area is 187 Å². The summed E-state index contributed by atoms with van der Waals surface area (Å²) in [5.41, 5.74) is 7.75. The fraction of sp³-hybridized carbons (Fsp3) is 0.240. The van der Waals surface area contributed by atoms with Crippen LogP contribution in [0.4, 0.5) is 5.69 Å². The lowest BCUT2D eigenvalue weighted by atomic mass is 10.1. The van der Waals surface area contributed by atoms with Gasteiger partial charge in [-0.05, 0) is 66.9 Å². The molecule has 1 saturated heterocycles. The van der Waals surface area contributed by atoms with Crippen LogP contribution in [-0.4, -0.2) is 17.5 Å². The number of anilines is 1. The van der Waals surface area contributed by atoms with Gasteiger partial charge in [0.05, 0.1) is 0 Å². The molecule has 0 amide bonds. The van der Waals surface area contributed by atoms with Crippen molar-refractivity contribution in [3.8, 4) is 0 Å². The van der Waals surface area contributed by atoms with Gasteiger partial charge < -0.3 is 28.9 Å². The first-order chi connectivity index (χ1) is 13.8. The highest BCUT2D eigenvalue weighted by Gasteiger charge is 2.19. The molecule has 1 aliphatic heterocycles. The number of aryl methyl sites for hydroxylation is 1. The molecule has 0 aliphatic carbocycles. The van der Waals surface area contributed by atoms with E-state index in [1.165, 1.54) is 70.2 Å². The fourth-order valence-corrected chi connectivity index (χ4v) is 4.61. The summed E-state index contributed by atoms with van der Waals surface area (Å²) in [5, 5.41) is 2.61. The van der Waals surface area contributed by atoms with Crippen LogP contribution in [0, 0.1) is 0 Å². The zero-order chi connectivity index (χ0) is 18.7. The van der Waals surface area contributed by atoms with E-state index < -0.39 is 0 Å². The van der Waals surface area contributed by atoms with E-state index in [1.807, 2.05) is 0 Å². The van der Waals surface area contributed by atoms with Crippen LogP contribution < -0.4 is 33.3 Å². The Morgan fingerprint density at radius 2 is 1.76 bits per heavy atom.